The van der Waals surface area contributed by atoms with Crippen molar-refractivity contribution in [3.05, 3.63) is 28.8 Å². The van der Waals surface area contributed by atoms with Gasteiger partial charge in [0.05, 0.1) is 22.6 Å². The Morgan fingerprint density at radius 1 is 1.43 bits per heavy atom. The zero-order valence-corrected chi connectivity index (χ0v) is 12.3. The van der Waals surface area contributed by atoms with E-state index in [0.717, 1.165) is 25.3 Å². The lowest BCUT2D eigenvalue weighted by molar-refractivity contribution is -0.149. The fourth-order valence-electron chi connectivity index (χ4n) is 1.33. The molecule has 1 aromatic carbocycles. The number of carbonyl (C=O) groups is 2. The number of hydrogen-bond donors (Lipinski definition) is 3. The molecule has 0 aliphatic rings. The summed E-state index contributed by atoms with van der Waals surface area (Å²) in [4.78, 5) is 21.5. The zero-order chi connectivity index (χ0) is 16.2. The number of halogens is 1. The largest absolute Gasteiger partial charge is 0.478 e. The van der Waals surface area contributed by atoms with E-state index in [4.69, 9.17) is 16.7 Å². The third-order valence-electron chi connectivity index (χ3n) is 2.42. The van der Waals surface area contributed by atoms with E-state index in [2.05, 4.69) is 4.74 Å². The van der Waals surface area contributed by atoms with Crippen molar-refractivity contribution in [2.24, 2.45) is 0 Å². The minimum Gasteiger partial charge on any atom is -0.478 e. The number of benzene rings is 1. The molecule has 10 heteroatoms. The van der Waals surface area contributed by atoms with Crippen LogP contribution in [-0.4, -0.2) is 50.3 Å². The third kappa shape index (κ3) is 4.39. The molecule has 0 heterocycles. The Balaban J connectivity index is 2.96. The number of aliphatic hydroxyl groups is 1. The van der Waals surface area contributed by atoms with Crippen molar-refractivity contribution < 1.29 is 33.0 Å². The first kappa shape index (κ1) is 17.4. The van der Waals surface area contributed by atoms with E-state index in [1.807, 2.05) is 4.72 Å². The van der Waals surface area contributed by atoms with Gasteiger partial charge in [-0.3, -0.25) is 0 Å². The van der Waals surface area contributed by atoms with Gasteiger partial charge in [-0.15, -0.1) is 0 Å². The van der Waals surface area contributed by atoms with Crippen LogP contribution in [0.2, 0.25) is 5.02 Å². The number of carboxylic acid groups (broad SMARTS) is 1. The summed E-state index contributed by atoms with van der Waals surface area (Å²) < 4.78 is 30.0. The smallest absolute Gasteiger partial charge is 0.337 e. The van der Waals surface area contributed by atoms with Crippen LogP contribution in [0.4, 0.5) is 0 Å². The summed E-state index contributed by atoms with van der Waals surface area (Å²) in [5, 5.41) is 18.1. The molecule has 1 unspecified atom stereocenters. The van der Waals surface area contributed by atoms with Crippen molar-refractivity contribution in [3.63, 3.8) is 0 Å². The number of carbonyl (C=O) groups excluding carboxylic acids is 1. The molecule has 0 fully saturated rings. The van der Waals surface area contributed by atoms with Gasteiger partial charge in [0.15, 0.2) is 6.10 Å². The van der Waals surface area contributed by atoms with Crippen molar-refractivity contribution in [1.82, 2.24) is 4.72 Å². The first-order chi connectivity index (χ1) is 9.69. The second-order valence-corrected chi connectivity index (χ2v) is 6.01. The van der Waals surface area contributed by atoms with Crippen LogP contribution in [0.15, 0.2) is 23.1 Å². The Hall–Kier alpha value is -1.68. The summed E-state index contributed by atoms with van der Waals surface area (Å²) in [6.07, 6.45) is -1.67. The fraction of sp³-hybridized carbons (Fsp3) is 0.273. The second-order valence-electron chi connectivity index (χ2n) is 3.84. The number of rotatable bonds is 6. The first-order valence-corrected chi connectivity index (χ1v) is 7.33. The van der Waals surface area contributed by atoms with Crippen molar-refractivity contribution in [2.75, 3.05) is 13.7 Å². The normalized spacial score (nSPS) is 12.7. The lowest BCUT2D eigenvalue weighted by Gasteiger charge is -2.11. The lowest BCUT2D eigenvalue weighted by atomic mass is 10.2. The number of aromatic carboxylic acids is 1. The van der Waals surface area contributed by atoms with Gasteiger partial charge in [0.25, 0.3) is 0 Å². The topological polar surface area (TPSA) is 130 Å². The van der Waals surface area contributed by atoms with Crippen LogP contribution in [0.3, 0.4) is 0 Å². The molecular formula is C11H12ClNO7S. The number of sulfonamides is 1. The van der Waals surface area contributed by atoms with Crippen LogP contribution >= 0.6 is 11.6 Å². The quantitative estimate of drug-likeness (QED) is 0.615. The van der Waals surface area contributed by atoms with Crippen LogP contribution in [0.25, 0.3) is 0 Å². The third-order valence-corrected chi connectivity index (χ3v) is 4.17. The minimum atomic E-state index is -4.11. The molecule has 0 aromatic heterocycles. The number of aliphatic hydroxyl groups excluding tert-OH is 1. The van der Waals surface area contributed by atoms with Crippen LogP contribution in [-0.2, 0) is 19.6 Å². The number of ether oxygens (including phenoxy) is 1. The van der Waals surface area contributed by atoms with Crippen molar-refractivity contribution in [3.8, 4) is 0 Å². The molecule has 1 rings (SSSR count). The van der Waals surface area contributed by atoms with Gasteiger partial charge in [-0.2, -0.15) is 0 Å². The van der Waals surface area contributed by atoms with E-state index in [-0.39, 0.29) is 15.5 Å². The maximum atomic E-state index is 11.9. The summed E-state index contributed by atoms with van der Waals surface area (Å²) in [6.45, 7) is -0.611. The average Bonchev–Trinajstić information content (AvgIpc) is 2.43. The highest BCUT2D eigenvalue weighted by Gasteiger charge is 2.22. The average molecular weight is 338 g/mol. The summed E-state index contributed by atoms with van der Waals surface area (Å²) in [5.41, 5.74) is -0.381. The van der Waals surface area contributed by atoms with E-state index >= 15 is 0 Å². The summed E-state index contributed by atoms with van der Waals surface area (Å²) in [7, 11) is -3.07. The van der Waals surface area contributed by atoms with Crippen LogP contribution in [0.5, 0.6) is 0 Å². The van der Waals surface area contributed by atoms with E-state index in [0.29, 0.717) is 0 Å². The molecular weight excluding hydrogens is 326 g/mol. The number of esters is 1. The summed E-state index contributed by atoms with van der Waals surface area (Å²) in [5.74, 6) is -2.38. The SMILES string of the molecule is COC(=O)C(O)CNS(=O)(=O)c1ccc(Cl)c(C(=O)O)c1. The van der Waals surface area contributed by atoms with Gasteiger partial charge < -0.3 is 14.9 Å². The Morgan fingerprint density at radius 3 is 2.57 bits per heavy atom. The van der Waals surface area contributed by atoms with Gasteiger partial charge in [-0.25, -0.2) is 22.7 Å². The highest BCUT2D eigenvalue weighted by atomic mass is 35.5. The molecule has 1 aromatic rings. The van der Waals surface area contributed by atoms with Gasteiger partial charge in [0, 0.05) is 6.54 Å². The number of nitrogens with one attached hydrogen (secondary N) is 1. The molecule has 0 aliphatic carbocycles. The van der Waals surface area contributed by atoms with E-state index < -0.39 is 34.6 Å². The molecule has 1 atom stereocenters. The van der Waals surface area contributed by atoms with E-state index in [1.54, 1.807) is 0 Å². The maximum Gasteiger partial charge on any atom is 0.337 e. The van der Waals surface area contributed by atoms with E-state index in [9.17, 15) is 23.1 Å². The van der Waals surface area contributed by atoms with Crippen molar-refractivity contribution in [1.29, 1.82) is 0 Å². The molecule has 0 saturated carbocycles. The highest BCUT2D eigenvalue weighted by molar-refractivity contribution is 7.89. The van der Waals surface area contributed by atoms with E-state index in [1.165, 1.54) is 0 Å². The Kier molecular flexibility index (Phi) is 5.67. The Morgan fingerprint density at radius 2 is 2.05 bits per heavy atom. The molecule has 0 aliphatic heterocycles. The Labute approximate surface area is 125 Å². The first-order valence-electron chi connectivity index (χ1n) is 5.47. The molecule has 21 heavy (non-hydrogen) atoms. The second kappa shape index (κ2) is 6.85. The molecule has 0 radical (unpaired) electrons. The van der Waals surface area contributed by atoms with Gasteiger partial charge in [-0.1, -0.05) is 11.6 Å². The monoisotopic (exact) mass is 337 g/mol. The standard InChI is InChI=1S/C11H12ClNO7S/c1-20-11(17)9(14)5-13-21(18,19)6-2-3-8(12)7(4-6)10(15)16/h2-4,9,13-14H,5H2,1H3,(H,15,16). The lowest BCUT2D eigenvalue weighted by Crippen LogP contribution is -2.37. The van der Waals surface area contributed by atoms with Gasteiger partial charge in [-0.05, 0) is 18.2 Å². The van der Waals surface area contributed by atoms with Crippen LogP contribution in [0, 0.1) is 0 Å². The molecule has 0 spiro atoms. The highest BCUT2D eigenvalue weighted by Crippen LogP contribution is 2.20. The molecule has 0 saturated heterocycles. The Bertz CT molecular complexity index is 659. The summed E-state index contributed by atoms with van der Waals surface area (Å²) in [6, 6.07) is 3.09. The number of hydrogen-bond acceptors (Lipinski definition) is 6. The molecule has 116 valence electrons. The summed E-state index contributed by atoms with van der Waals surface area (Å²) >= 11 is 5.63. The van der Waals surface area contributed by atoms with Gasteiger partial charge >= 0.3 is 11.9 Å². The zero-order valence-electron chi connectivity index (χ0n) is 10.7. The van der Waals surface area contributed by atoms with Crippen LogP contribution in [0.1, 0.15) is 10.4 Å². The molecule has 0 bridgehead atoms. The maximum absolute atomic E-state index is 11.9. The molecule has 3 N–H and O–H groups in total. The van der Waals surface area contributed by atoms with Crippen LogP contribution < -0.4 is 4.72 Å². The number of carboxylic acids is 1. The fourth-order valence-corrected chi connectivity index (χ4v) is 2.59. The predicted molar refractivity (Wildman–Crippen MR) is 71.6 cm³/mol. The van der Waals surface area contributed by atoms with Gasteiger partial charge in [0.1, 0.15) is 0 Å². The van der Waals surface area contributed by atoms with Gasteiger partial charge in [0.2, 0.25) is 10.0 Å². The van der Waals surface area contributed by atoms with Crippen molar-refractivity contribution in [2.45, 2.75) is 11.0 Å². The predicted octanol–water partition coefficient (Wildman–Crippen LogP) is -0.150. The van der Waals surface area contributed by atoms with Crippen molar-refractivity contribution >= 4 is 33.6 Å². The number of methoxy groups -OCH3 is 1. The minimum absolute atomic E-state index is 0.115. The molecule has 8 nitrogen and oxygen atoms in total. The molecule has 0 amide bonds.